The standard InChI is InChI=1S/C48H31N3S/c1-5-15-33(16-6-1)45-46(34-17-7-2-8-18-34)50-47-40-31-35(26-25-32(40)27-29-41(47)49-45)38-28-30-42(48-44(38)39-23-13-14-24-43(39)52-48)51(36-19-9-3-10-20-36)37-21-11-4-12-22-37/h1-31H. The molecule has 3 nitrogen and oxygen atoms in total. The summed E-state index contributed by atoms with van der Waals surface area (Å²) in [5.41, 5.74) is 11.4. The summed E-state index contributed by atoms with van der Waals surface area (Å²) in [5, 5.41) is 4.75. The van der Waals surface area contributed by atoms with E-state index in [-0.39, 0.29) is 0 Å². The first-order valence-corrected chi connectivity index (χ1v) is 18.3. The first-order valence-electron chi connectivity index (χ1n) is 17.5. The van der Waals surface area contributed by atoms with Crippen LogP contribution in [0.1, 0.15) is 0 Å². The zero-order valence-electron chi connectivity index (χ0n) is 28.1. The van der Waals surface area contributed by atoms with Crippen LogP contribution in [0.2, 0.25) is 0 Å². The van der Waals surface area contributed by atoms with Crippen molar-refractivity contribution in [3.8, 4) is 33.6 Å². The highest BCUT2D eigenvalue weighted by Gasteiger charge is 2.21. The Kier molecular flexibility index (Phi) is 7.33. The number of hydrogen-bond donors (Lipinski definition) is 0. The van der Waals surface area contributed by atoms with Crippen molar-refractivity contribution < 1.29 is 0 Å². The molecule has 0 aliphatic rings. The summed E-state index contributed by atoms with van der Waals surface area (Å²) in [7, 11) is 0. The molecule has 0 aliphatic carbocycles. The third kappa shape index (κ3) is 5.12. The second-order valence-electron chi connectivity index (χ2n) is 13.0. The second-order valence-corrected chi connectivity index (χ2v) is 14.0. The van der Waals surface area contributed by atoms with E-state index in [9.17, 15) is 0 Å². The molecule has 0 amide bonds. The quantitative estimate of drug-likeness (QED) is 0.164. The fraction of sp³-hybridized carbons (Fsp3) is 0. The van der Waals surface area contributed by atoms with Crippen LogP contribution in [-0.4, -0.2) is 9.97 Å². The average molecular weight is 682 g/mol. The Balaban J connectivity index is 1.22. The lowest BCUT2D eigenvalue weighted by molar-refractivity contribution is 1.30. The van der Waals surface area contributed by atoms with Gasteiger partial charge in [-0.1, -0.05) is 140 Å². The fourth-order valence-electron chi connectivity index (χ4n) is 7.41. The van der Waals surface area contributed by atoms with E-state index in [4.69, 9.17) is 9.97 Å². The molecule has 0 bridgehead atoms. The molecule has 4 heteroatoms. The van der Waals surface area contributed by atoms with Crippen LogP contribution in [0.15, 0.2) is 188 Å². The molecule has 0 N–H and O–H groups in total. The molecule has 0 fully saturated rings. The molecule has 0 spiro atoms. The Morgan fingerprint density at radius 3 is 1.69 bits per heavy atom. The van der Waals surface area contributed by atoms with Gasteiger partial charge in [-0.05, 0) is 65.0 Å². The van der Waals surface area contributed by atoms with Crippen molar-refractivity contribution in [2.75, 3.05) is 4.90 Å². The van der Waals surface area contributed by atoms with Gasteiger partial charge in [0.25, 0.3) is 0 Å². The van der Waals surface area contributed by atoms with Gasteiger partial charge >= 0.3 is 0 Å². The maximum Gasteiger partial charge on any atom is 0.0973 e. The molecule has 2 aromatic heterocycles. The first-order chi connectivity index (χ1) is 25.8. The number of anilines is 3. The van der Waals surface area contributed by atoms with Crippen LogP contribution >= 0.6 is 11.3 Å². The zero-order valence-corrected chi connectivity index (χ0v) is 29.0. The van der Waals surface area contributed by atoms with Gasteiger partial charge in [-0.3, -0.25) is 0 Å². The van der Waals surface area contributed by atoms with Crippen LogP contribution in [0.4, 0.5) is 17.1 Å². The maximum atomic E-state index is 5.42. The number of benzene rings is 8. The number of para-hydroxylation sites is 2. The number of hydrogen-bond acceptors (Lipinski definition) is 4. The maximum absolute atomic E-state index is 5.42. The fourth-order valence-corrected chi connectivity index (χ4v) is 8.65. The first kappa shape index (κ1) is 30.2. The molecule has 0 unspecified atom stereocenters. The van der Waals surface area contributed by atoms with E-state index in [1.54, 1.807) is 0 Å². The van der Waals surface area contributed by atoms with E-state index in [2.05, 4.69) is 181 Å². The molecule has 0 atom stereocenters. The normalized spacial score (nSPS) is 11.5. The summed E-state index contributed by atoms with van der Waals surface area (Å²) in [6.45, 7) is 0. The summed E-state index contributed by atoms with van der Waals surface area (Å²) >= 11 is 1.86. The van der Waals surface area contributed by atoms with E-state index in [0.29, 0.717) is 0 Å². The van der Waals surface area contributed by atoms with Gasteiger partial charge < -0.3 is 4.90 Å². The van der Waals surface area contributed by atoms with Crippen LogP contribution < -0.4 is 4.90 Å². The molecule has 8 aromatic carbocycles. The van der Waals surface area contributed by atoms with Crippen molar-refractivity contribution in [1.29, 1.82) is 0 Å². The van der Waals surface area contributed by atoms with Gasteiger partial charge in [0.1, 0.15) is 0 Å². The Labute approximate surface area is 305 Å². The lowest BCUT2D eigenvalue weighted by Crippen LogP contribution is -2.09. The number of nitrogens with zero attached hydrogens (tertiary/aromatic N) is 3. The summed E-state index contributed by atoms with van der Waals surface area (Å²) in [6.07, 6.45) is 0. The Bertz CT molecular complexity index is 2850. The van der Waals surface area contributed by atoms with E-state index in [0.717, 1.165) is 66.9 Å². The van der Waals surface area contributed by atoms with Gasteiger partial charge in [0.15, 0.2) is 0 Å². The predicted octanol–water partition coefficient (Wildman–Crippen LogP) is 13.6. The molecule has 244 valence electrons. The van der Waals surface area contributed by atoms with E-state index >= 15 is 0 Å². The second kappa shape index (κ2) is 12.6. The van der Waals surface area contributed by atoms with Gasteiger partial charge in [-0.15, -0.1) is 11.3 Å². The predicted molar refractivity (Wildman–Crippen MR) is 221 cm³/mol. The lowest BCUT2D eigenvalue weighted by Gasteiger charge is -2.26. The molecule has 0 saturated carbocycles. The van der Waals surface area contributed by atoms with E-state index in [1.165, 1.54) is 25.7 Å². The van der Waals surface area contributed by atoms with Crippen molar-refractivity contribution in [3.05, 3.63) is 188 Å². The highest BCUT2D eigenvalue weighted by atomic mass is 32.1. The number of thiophene rings is 1. The highest BCUT2D eigenvalue weighted by Crippen LogP contribution is 2.48. The van der Waals surface area contributed by atoms with Gasteiger partial charge in [0.05, 0.1) is 32.8 Å². The Morgan fingerprint density at radius 2 is 1.02 bits per heavy atom. The van der Waals surface area contributed by atoms with Gasteiger partial charge in [-0.25, -0.2) is 9.97 Å². The largest absolute Gasteiger partial charge is 0.309 e. The van der Waals surface area contributed by atoms with Crippen molar-refractivity contribution in [2.45, 2.75) is 0 Å². The van der Waals surface area contributed by atoms with Crippen molar-refractivity contribution >= 4 is 70.4 Å². The molecule has 10 rings (SSSR count). The van der Waals surface area contributed by atoms with Crippen LogP contribution in [-0.2, 0) is 0 Å². The minimum absolute atomic E-state index is 0.881. The summed E-state index contributed by atoms with van der Waals surface area (Å²) < 4.78 is 2.52. The highest BCUT2D eigenvalue weighted by molar-refractivity contribution is 7.26. The SMILES string of the molecule is c1ccc(-c2nc3ccc4ccc(-c5ccc(N(c6ccccc6)c6ccccc6)c6sc7ccccc7c56)cc4c3nc2-c2ccccc2)cc1. The topological polar surface area (TPSA) is 29.0 Å². The van der Waals surface area contributed by atoms with Gasteiger partial charge in [-0.2, -0.15) is 0 Å². The van der Waals surface area contributed by atoms with Crippen LogP contribution in [0, 0.1) is 0 Å². The molecule has 0 radical (unpaired) electrons. The smallest absolute Gasteiger partial charge is 0.0973 e. The van der Waals surface area contributed by atoms with E-state index < -0.39 is 0 Å². The molecule has 52 heavy (non-hydrogen) atoms. The van der Waals surface area contributed by atoms with Crippen molar-refractivity contribution in [3.63, 3.8) is 0 Å². The number of aromatic nitrogens is 2. The molecule has 0 aliphatic heterocycles. The number of fused-ring (bicyclic) bond motifs is 6. The van der Waals surface area contributed by atoms with Gasteiger partial charge in [0.2, 0.25) is 0 Å². The number of rotatable bonds is 6. The summed E-state index contributed by atoms with van der Waals surface area (Å²) in [5.74, 6) is 0. The van der Waals surface area contributed by atoms with Gasteiger partial charge in [0, 0.05) is 43.4 Å². The van der Waals surface area contributed by atoms with Crippen molar-refractivity contribution in [1.82, 2.24) is 9.97 Å². The summed E-state index contributed by atoms with van der Waals surface area (Å²) in [4.78, 5) is 13.1. The van der Waals surface area contributed by atoms with Crippen molar-refractivity contribution in [2.24, 2.45) is 0 Å². The molecular weight excluding hydrogens is 651 g/mol. The monoisotopic (exact) mass is 681 g/mol. The van der Waals surface area contributed by atoms with Crippen LogP contribution in [0.3, 0.4) is 0 Å². The molecule has 10 aromatic rings. The van der Waals surface area contributed by atoms with Crippen LogP contribution in [0.5, 0.6) is 0 Å². The molecule has 0 saturated heterocycles. The summed E-state index contributed by atoms with van der Waals surface area (Å²) in [6, 6.07) is 66.5. The minimum Gasteiger partial charge on any atom is -0.309 e. The third-order valence-corrected chi connectivity index (χ3v) is 11.0. The van der Waals surface area contributed by atoms with E-state index in [1.807, 2.05) is 23.5 Å². The minimum atomic E-state index is 0.881. The average Bonchev–Trinajstić information content (AvgIpc) is 3.62. The Morgan fingerprint density at radius 1 is 0.442 bits per heavy atom. The third-order valence-electron chi connectivity index (χ3n) is 9.83. The molecule has 2 heterocycles. The lowest BCUT2D eigenvalue weighted by atomic mass is 9.95. The zero-order chi connectivity index (χ0) is 34.4. The Hall–Kier alpha value is -6.62. The molecular formula is C48H31N3S. The van der Waals surface area contributed by atoms with Crippen LogP contribution in [0.25, 0.3) is 75.6 Å².